The van der Waals surface area contributed by atoms with Crippen LogP contribution in [0.4, 0.5) is 18.0 Å². The number of nitrogens with one attached hydrogen (secondary N) is 1. The minimum atomic E-state index is -4.61. The molecule has 2 fully saturated rings. The van der Waals surface area contributed by atoms with E-state index in [9.17, 15) is 22.8 Å². The summed E-state index contributed by atoms with van der Waals surface area (Å²) in [6.45, 7) is -1.56. The Morgan fingerprint density at radius 2 is 1.82 bits per heavy atom. The third kappa shape index (κ3) is 2.24. The van der Waals surface area contributed by atoms with Gasteiger partial charge in [0.2, 0.25) is 0 Å². The van der Waals surface area contributed by atoms with Crippen LogP contribution in [0.25, 0.3) is 0 Å². The van der Waals surface area contributed by atoms with E-state index in [1.165, 1.54) is 0 Å². The number of carbonyl (C=O) groups excluding carboxylic acids is 2. The lowest BCUT2D eigenvalue weighted by atomic mass is 9.67. The van der Waals surface area contributed by atoms with E-state index < -0.39 is 30.2 Å². The van der Waals surface area contributed by atoms with Gasteiger partial charge in [-0.1, -0.05) is 36.8 Å². The van der Waals surface area contributed by atoms with Crippen LogP contribution in [0.15, 0.2) is 30.3 Å². The second kappa shape index (κ2) is 5.00. The van der Waals surface area contributed by atoms with Gasteiger partial charge in [-0.2, -0.15) is 13.2 Å². The highest BCUT2D eigenvalue weighted by molar-refractivity contribution is 6.07. The second-order valence-electron chi connectivity index (χ2n) is 5.74. The Kier molecular flexibility index (Phi) is 3.38. The van der Waals surface area contributed by atoms with Crippen LogP contribution in [0.5, 0.6) is 0 Å². The molecule has 1 N–H and O–H groups in total. The summed E-state index contributed by atoms with van der Waals surface area (Å²) in [6, 6.07) is 7.55. The molecule has 1 unspecified atom stereocenters. The summed E-state index contributed by atoms with van der Waals surface area (Å²) in [5.41, 5.74) is -0.815. The Morgan fingerprint density at radius 1 is 1.18 bits per heavy atom. The fourth-order valence-electron chi connectivity index (χ4n) is 3.17. The first kappa shape index (κ1) is 14.9. The summed E-state index contributed by atoms with van der Waals surface area (Å²) in [4.78, 5) is 25.0. The Hall–Kier alpha value is -2.05. The van der Waals surface area contributed by atoms with Gasteiger partial charge in [-0.3, -0.25) is 9.69 Å². The van der Waals surface area contributed by atoms with Gasteiger partial charge in [0.25, 0.3) is 5.91 Å². The minimum absolute atomic E-state index is 0.162. The van der Waals surface area contributed by atoms with E-state index in [1.807, 2.05) is 0 Å². The number of benzene rings is 1. The van der Waals surface area contributed by atoms with Crippen LogP contribution < -0.4 is 5.32 Å². The van der Waals surface area contributed by atoms with E-state index in [-0.39, 0.29) is 10.8 Å². The standard InChI is InChI=1S/C15H15F3N2O2/c16-14(17,18)9-20-12(21)15(19-13(20)22,11-7-4-8-11)10-5-2-1-3-6-10/h1-3,5-6,11H,4,7-9H2,(H,19,22). The summed E-state index contributed by atoms with van der Waals surface area (Å²) in [5.74, 6) is -0.963. The molecule has 1 atom stereocenters. The number of alkyl halides is 3. The van der Waals surface area contributed by atoms with Crippen molar-refractivity contribution in [1.82, 2.24) is 10.2 Å². The predicted octanol–water partition coefficient (Wildman–Crippen LogP) is 2.80. The van der Waals surface area contributed by atoms with Gasteiger partial charge in [-0.25, -0.2) is 4.79 Å². The molecular weight excluding hydrogens is 297 g/mol. The maximum absolute atomic E-state index is 12.7. The van der Waals surface area contributed by atoms with Gasteiger partial charge in [0, 0.05) is 0 Å². The molecule has 0 radical (unpaired) electrons. The predicted molar refractivity (Wildman–Crippen MR) is 71.8 cm³/mol. The normalized spacial score (nSPS) is 26.0. The van der Waals surface area contributed by atoms with E-state index in [2.05, 4.69) is 5.32 Å². The van der Waals surface area contributed by atoms with Gasteiger partial charge >= 0.3 is 12.2 Å². The lowest BCUT2D eigenvalue weighted by molar-refractivity contribution is -0.156. The first-order valence-electron chi connectivity index (χ1n) is 7.11. The minimum Gasteiger partial charge on any atom is -0.319 e. The maximum Gasteiger partial charge on any atom is 0.406 e. The zero-order chi connectivity index (χ0) is 16.0. The average molecular weight is 312 g/mol. The molecule has 3 amide bonds. The van der Waals surface area contributed by atoms with Crippen molar-refractivity contribution in [1.29, 1.82) is 0 Å². The molecule has 1 aromatic carbocycles. The molecule has 1 saturated carbocycles. The van der Waals surface area contributed by atoms with Gasteiger partial charge in [-0.15, -0.1) is 0 Å². The molecule has 2 aliphatic rings. The van der Waals surface area contributed by atoms with Crippen molar-refractivity contribution in [2.75, 3.05) is 6.54 Å². The van der Waals surface area contributed by atoms with Crippen molar-refractivity contribution in [2.45, 2.75) is 31.0 Å². The smallest absolute Gasteiger partial charge is 0.319 e. The Morgan fingerprint density at radius 3 is 2.32 bits per heavy atom. The van der Waals surface area contributed by atoms with Crippen LogP contribution in [0.1, 0.15) is 24.8 Å². The van der Waals surface area contributed by atoms with Gasteiger partial charge in [-0.05, 0) is 24.3 Å². The molecule has 0 spiro atoms. The fourth-order valence-corrected chi connectivity index (χ4v) is 3.17. The monoisotopic (exact) mass is 312 g/mol. The summed E-state index contributed by atoms with van der Waals surface area (Å²) < 4.78 is 37.9. The number of urea groups is 1. The first-order chi connectivity index (χ1) is 10.3. The lowest BCUT2D eigenvalue weighted by Gasteiger charge is -2.41. The number of carbonyl (C=O) groups is 2. The van der Waals surface area contributed by atoms with Crippen LogP contribution in [-0.4, -0.2) is 29.6 Å². The number of imide groups is 1. The van der Waals surface area contributed by atoms with Crippen LogP contribution >= 0.6 is 0 Å². The molecule has 22 heavy (non-hydrogen) atoms. The molecule has 3 rings (SSSR count). The molecule has 1 aliphatic heterocycles. The van der Waals surface area contributed by atoms with Crippen LogP contribution in [0.3, 0.4) is 0 Å². The summed E-state index contributed by atoms with van der Waals surface area (Å²) >= 11 is 0. The number of hydrogen-bond acceptors (Lipinski definition) is 2. The molecule has 4 nitrogen and oxygen atoms in total. The third-order valence-corrected chi connectivity index (χ3v) is 4.42. The second-order valence-corrected chi connectivity index (χ2v) is 5.74. The summed E-state index contributed by atoms with van der Waals surface area (Å²) in [6.07, 6.45) is -2.29. The van der Waals surface area contributed by atoms with Crippen molar-refractivity contribution < 1.29 is 22.8 Å². The fraction of sp³-hybridized carbons (Fsp3) is 0.467. The number of nitrogens with zero attached hydrogens (tertiary/aromatic N) is 1. The molecule has 1 saturated heterocycles. The highest BCUT2D eigenvalue weighted by atomic mass is 19.4. The van der Waals surface area contributed by atoms with Gasteiger partial charge in [0.15, 0.2) is 0 Å². The van der Waals surface area contributed by atoms with Crippen LogP contribution in [0, 0.1) is 5.92 Å². The summed E-state index contributed by atoms with van der Waals surface area (Å²) in [5, 5.41) is 2.55. The van der Waals surface area contributed by atoms with E-state index in [0.717, 1.165) is 6.42 Å². The highest BCUT2D eigenvalue weighted by Crippen LogP contribution is 2.46. The van der Waals surface area contributed by atoms with Crippen molar-refractivity contribution in [2.24, 2.45) is 5.92 Å². The number of amides is 3. The van der Waals surface area contributed by atoms with Crippen LogP contribution in [-0.2, 0) is 10.3 Å². The Bertz CT molecular complexity index is 599. The third-order valence-electron chi connectivity index (χ3n) is 4.42. The summed E-state index contributed by atoms with van der Waals surface area (Å²) in [7, 11) is 0. The van der Waals surface area contributed by atoms with Crippen molar-refractivity contribution in [3.8, 4) is 0 Å². The topological polar surface area (TPSA) is 49.4 Å². The van der Waals surface area contributed by atoms with E-state index in [1.54, 1.807) is 30.3 Å². The van der Waals surface area contributed by atoms with Crippen molar-refractivity contribution in [3.05, 3.63) is 35.9 Å². The molecule has 1 aliphatic carbocycles. The Balaban J connectivity index is 2.01. The van der Waals surface area contributed by atoms with Crippen molar-refractivity contribution in [3.63, 3.8) is 0 Å². The molecule has 118 valence electrons. The number of hydrogen-bond donors (Lipinski definition) is 1. The average Bonchev–Trinajstić information content (AvgIpc) is 2.62. The van der Waals surface area contributed by atoms with Gasteiger partial charge in [0.05, 0.1) is 0 Å². The molecule has 7 heteroatoms. The van der Waals surface area contributed by atoms with E-state index >= 15 is 0 Å². The molecular formula is C15H15F3N2O2. The number of rotatable bonds is 3. The quantitative estimate of drug-likeness (QED) is 0.873. The van der Waals surface area contributed by atoms with E-state index in [0.29, 0.717) is 18.4 Å². The Labute approximate surface area is 125 Å². The zero-order valence-electron chi connectivity index (χ0n) is 11.7. The molecule has 1 heterocycles. The van der Waals surface area contributed by atoms with Crippen molar-refractivity contribution >= 4 is 11.9 Å². The molecule has 0 bridgehead atoms. The highest BCUT2D eigenvalue weighted by Gasteiger charge is 2.59. The van der Waals surface area contributed by atoms with E-state index in [4.69, 9.17) is 0 Å². The number of halogens is 3. The lowest BCUT2D eigenvalue weighted by Crippen LogP contribution is -2.52. The van der Waals surface area contributed by atoms with Gasteiger partial charge < -0.3 is 5.32 Å². The van der Waals surface area contributed by atoms with Gasteiger partial charge in [0.1, 0.15) is 12.1 Å². The largest absolute Gasteiger partial charge is 0.406 e. The van der Waals surface area contributed by atoms with Crippen LogP contribution in [0.2, 0.25) is 0 Å². The first-order valence-corrected chi connectivity index (χ1v) is 7.11. The SMILES string of the molecule is O=C1NC(c2ccccc2)(C2CCC2)C(=O)N1CC(F)(F)F. The molecule has 0 aromatic heterocycles. The zero-order valence-corrected chi connectivity index (χ0v) is 11.7. The maximum atomic E-state index is 12.7. The molecule has 1 aromatic rings.